The lowest BCUT2D eigenvalue weighted by Gasteiger charge is -2.28. The Bertz CT molecular complexity index is 1110. The van der Waals surface area contributed by atoms with Crippen LogP contribution < -0.4 is 5.32 Å². The number of carbonyl (C=O) groups is 2. The highest BCUT2D eigenvalue weighted by Gasteiger charge is 2.45. The maximum absolute atomic E-state index is 13.2. The van der Waals surface area contributed by atoms with E-state index in [-0.39, 0.29) is 11.8 Å². The standard InChI is InChI=1S/C28H31N3O2/c1-3-30-27(33)28(13-15-31(20-28)26(32)17-23-7-5-14-29-19-23)18-22-6-4-8-25(16-22)24-11-9-21(2)10-12-24/h4-12,14,16,19H,3,13,15,17-18,20H2,1-2H3,(H,30,33)/t28-/m0/s1. The molecule has 2 heterocycles. The minimum absolute atomic E-state index is 0.0300. The highest BCUT2D eigenvalue weighted by atomic mass is 16.2. The second-order valence-electron chi connectivity index (χ2n) is 8.99. The van der Waals surface area contributed by atoms with Crippen LogP contribution in [0.5, 0.6) is 0 Å². The van der Waals surface area contributed by atoms with Crippen molar-refractivity contribution in [3.63, 3.8) is 0 Å². The summed E-state index contributed by atoms with van der Waals surface area (Å²) in [5.41, 5.74) is 4.92. The van der Waals surface area contributed by atoms with Crippen LogP contribution in [0.25, 0.3) is 11.1 Å². The number of aromatic nitrogens is 1. The Morgan fingerprint density at radius 3 is 2.55 bits per heavy atom. The lowest BCUT2D eigenvalue weighted by molar-refractivity contribution is -0.132. The molecule has 5 heteroatoms. The van der Waals surface area contributed by atoms with Gasteiger partial charge in [-0.3, -0.25) is 14.6 Å². The van der Waals surface area contributed by atoms with Gasteiger partial charge in [0.25, 0.3) is 0 Å². The summed E-state index contributed by atoms with van der Waals surface area (Å²) >= 11 is 0. The van der Waals surface area contributed by atoms with Gasteiger partial charge in [0.15, 0.2) is 0 Å². The van der Waals surface area contributed by atoms with Gasteiger partial charge in [-0.1, -0.05) is 60.2 Å². The number of hydrogen-bond acceptors (Lipinski definition) is 3. The molecule has 0 saturated carbocycles. The zero-order valence-corrected chi connectivity index (χ0v) is 19.4. The largest absolute Gasteiger partial charge is 0.356 e. The Balaban J connectivity index is 1.54. The van der Waals surface area contributed by atoms with Crippen molar-refractivity contribution in [3.05, 3.63) is 89.7 Å². The fraction of sp³-hybridized carbons (Fsp3) is 0.321. The number of aryl methyl sites for hydroxylation is 1. The van der Waals surface area contributed by atoms with E-state index < -0.39 is 5.41 Å². The minimum atomic E-state index is -0.619. The van der Waals surface area contributed by atoms with Crippen molar-refractivity contribution in [1.29, 1.82) is 0 Å². The maximum Gasteiger partial charge on any atom is 0.228 e. The number of hydrogen-bond donors (Lipinski definition) is 1. The third kappa shape index (κ3) is 5.30. The highest BCUT2D eigenvalue weighted by Crippen LogP contribution is 2.36. The molecule has 2 aromatic carbocycles. The summed E-state index contributed by atoms with van der Waals surface area (Å²) in [6.07, 6.45) is 5.00. The van der Waals surface area contributed by atoms with Gasteiger partial charge < -0.3 is 10.2 Å². The first-order valence-corrected chi connectivity index (χ1v) is 11.6. The molecule has 33 heavy (non-hydrogen) atoms. The smallest absolute Gasteiger partial charge is 0.228 e. The van der Waals surface area contributed by atoms with E-state index in [4.69, 9.17) is 0 Å². The van der Waals surface area contributed by atoms with Gasteiger partial charge in [-0.05, 0) is 55.0 Å². The normalized spacial score (nSPS) is 17.7. The van der Waals surface area contributed by atoms with Crippen LogP contribution in [0.2, 0.25) is 0 Å². The molecule has 1 fully saturated rings. The molecule has 1 aliphatic rings. The topological polar surface area (TPSA) is 62.3 Å². The predicted octanol–water partition coefficient (Wildman–Crippen LogP) is 4.20. The van der Waals surface area contributed by atoms with Crippen LogP contribution >= 0.6 is 0 Å². The molecule has 0 bridgehead atoms. The van der Waals surface area contributed by atoms with E-state index in [1.54, 1.807) is 12.4 Å². The van der Waals surface area contributed by atoms with Crippen LogP contribution in [-0.4, -0.2) is 41.3 Å². The Kier molecular flexibility index (Phi) is 6.87. The second-order valence-corrected chi connectivity index (χ2v) is 8.99. The number of nitrogens with one attached hydrogen (secondary N) is 1. The zero-order chi connectivity index (χ0) is 23.3. The number of pyridine rings is 1. The number of amides is 2. The van der Waals surface area contributed by atoms with Gasteiger partial charge in [-0.2, -0.15) is 0 Å². The lowest BCUT2D eigenvalue weighted by atomic mass is 9.79. The number of likely N-dealkylation sites (tertiary alicyclic amines) is 1. The molecule has 1 N–H and O–H groups in total. The molecule has 170 valence electrons. The van der Waals surface area contributed by atoms with Crippen LogP contribution in [0.1, 0.15) is 30.0 Å². The summed E-state index contributed by atoms with van der Waals surface area (Å²) in [5.74, 6) is 0.0741. The van der Waals surface area contributed by atoms with E-state index in [2.05, 4.69) is 65.8 Å². The molecule has 1 saturated heterocycles. The molecule has 4 rings (SSSR count). The van der Waals surface area contributed by atoms with E-state index in [9.17, 15) is 9.59 Å². The summed E-state index contributed by atoms with van der Waals surface area (Å²) in [6, 6.07) is 20.6. The van der Waals surface area contributed by atoms with Crippen molar-refractivity contribution in [2.75, 3.05) is 19.6 Å². The van der Waals surface area contributed by atoms with E-state index in [1.165, 1.54) is 5.56 Å². The van der Waals surface area contributed by atoms with Gasteiger partial charge in [-0.25, -0.2) is 0 Å². The fourth-order valence-electron chi connectivity index (χ4n) is 4.63. The van der Waals surface area contributed by atoms with Crippen molar-refractivity contribution in [2.45, 2.75) is 33.1 Å². The Labute approximate surface area is 195 Å². The molecule has 0 aliphatic carbocycles. The molecule has 5 nitrogen and oxygen atoms in total. The number of nitrogens with zero attached hydrogens (tertiary/aromatic N) is 2. The quantitative estimate of drug-likeness (QED) is 0.598. The second kappa shape index (κ2) is 9.99. The molecule has 0 unspecified atom stereocenters. The van der Waals surface area contributed by atoms with Gasteiger partial charge >= 0.3 is 0 Å². The van der Waals surface area contributed by atoms with E-state index in [0.29, 0.717) is 38.9 Å². The Morgan fingerprint density at radius 1 is 1.03 bits per heavy atom. The summed E-state index contributed by atoms with van der Waals surface area (Å²) in [6.45, 7) is 5.62. The number of rotatable bonds is 7. The molecule has 0 spiro atoms. The van der Waals surface area contributed by atoms with E-state index in [1.807, 2.05) is 24.0 Å². The molecule has 1 aliphatic heterocycles. The van der Waals surface area contributed by atoms with Crippen LogP contribution in [0.15, 0.2) is 73.1 Å². The van der Waals surface area contributed by atoms with Crippen LogP contribution in [-0.2, 0) is 22.4 Å². The average molecular weight is 442 g/mol. The minimum Gasteiger partial charge on any atom is -0.356 e. The predicted molar refractivity (Wildman–Crippen MR) is 131 cm³/mol. The first-order chi connectivity index (χ1) is 16.0. The van der Waals surface area contributed by atoms with Crippen LogP contribution in [0.3, 0.4) is 0 Å². The zero-order valence-electron chi connectivity index (χ0n) is 19.4. The number of benzene rings is 2. The highest BCUT2D eigenvalue weighted by molar-refractivity contribution is 5.86. The molecular formula is C28H31N3O2. The van der Waals surface area contributed by atoms with Gasteiger partial charge in [0.05, 0.1) is 11.8 Å². The first-order valence-electron chi connectivity index (χ1n) is 11.6. The molecule has 1 aromatic heterocycles. The van der Waals surface area contributed by atoms with Gasteiger partial charge in [-0.15, -0.1) is 0 Å². The molecular weight excluding hydrogens is 410 g/mol. The molecule has 3 aromatic rings. The van der Waals surface area contributed by atoms with E-state index in [0.717, 1.165) is 22.3 Å². The van der Waals surface area contributed by atoms with Gasteiger partial charge in [0.2, 0.25) is 11.8 Å². The van der Waals surface area contributed by atoms with Crippen molar-refractivity contribution >= 4 is 11.8 Å². The monoisotopic (exact) mass is 441 g/mol. The fourth-order valence-corrected chi connectivity index (χ4v) is 4.63. The molecule has 1 atom stereocenters. The Morgan fingerprint density at radius 2 is 1.82 bits per heavy atom. The van der Waals surface area contributed by atoms with Crippen LogP contribution in [0.4, 0.5) is 0 Å². The van der Waals surface area contributed by atoms with E-state index >= 15 is 0 Å². The first kappa shape index (κ1) is 22.7. The maximum atomic E-state index is 13.2. The van der Waals surface area contributed by atoms with Crippen molar-refractivity contribution in [2.24, 2.45) is 5.41 Å². The lowest BCUT2D eigenvalue weighted by Crippen LogP contribution is -2.45. The van der Waals surface area contributed by atoms with Crippen molar-refractivity contribution in [1.82, 2.24) is 15.2 Å². The average Bonchev–Trinajstić information content (AvgIpc) is 3.26. The summed E-state index contributed by atoms with van der Waals surface area (Å²) in [7, 11) is 0. The van der Waals surface area contributed by atoms with Crippen molar-refractivity contribution in [3.8, 4) is 11.1 Å². The molecule has 0 radical (unpaired) electrons. The summed E-state index contributed by atoms with van der Waals surface area (Å²) < 4.78 is 0. The third-order valence-corrected chi connectivity index (χ3v) is 6.46. The summed E-state index contributed by atoms with van der Waals surface area (Å²) in [4.78, 5) is 32.1. The van der Waals surface area contributed by atoms with Crippen LogP contribution in [0, 0.1) is 12.3 Å². The number of carbonyl (C=O) groups excluding carboxylic acids is 2. The Hall–Kier alpha value is -3.47. The third-order valence-electron chi connectivity index (χ3n) is 6.46. The van der Waals surface area contributed by atoms with Gasteiger partial charge in [0.1, 0.15) is 0 Å². The van der Waals surface area contributed by atoms with Gasteiger partial charge in [0, 0.05) is 32.0 Å². The SMILES string of the molecule is CCNC(=O)[C@]1(Cc2cccc(-c3ccc(C)cc3)c2)CCN(C(=O)Cc2cccnc2)C1. The summed E-state index contributed by atoms with van der Waals surface area (Å²) in [5, 5.41) is 3.02. The molecule has 2 amide bonds. The van der Waals surface area contributed by atoms with Crippen molar-refractivity contribution < 1.29 is 9.59 Å².